The largest absolute Gasteiger partial charge is 0.213 e. The summed E-state index contributed by atoms with van der Waals surface area (Å²) >= 11 is 5.56. The van der Waals surface area contributed by atoms with Gasteiger partial charge in [-0.1, -0.05) is 20.3 Å². The van der Waals surface area contributed by atoms with E-state index < -0.39 is 10.0 Å². The normalized spacial score (nSPS) is 12.6. The molecular weight excluding hydrogens is 246 g/mol. The molecule has 0 N–H and O–H groups in total. The van der Waals surface area contributed by atoms with Crippen LogP contribution in [-0.4, -0.2) is 37.9 Å². The Kier molecular flexibility index (Phi) is 8.42. The van der Waals surface area contributed by atoms with E-state index >= 15 is 0 Å². The first-order chi connectivity index (χ1) is 7.40. The van der Waals surface area contributed by atoms with Gasteiger partial charge >= 0.3 is 0 Å². The average molecular weight is 270 g/mol. The van der Waals surface area contributed by atoms with Crippen molar-refractivity contribution in [3.8, 4) is 0 Å². The summed E-state index contributed by atoms with van der Waals surface area (Å²) in [6.45, 7) is 4.68. The summed E-state index contributed by atoms with van der Waals surface area (Å²) in [6, 6.07) is 0. The summed E-state index contributed by atoms with van der Waals surface area (Å²) in [6.07, 6.45) is 3.58. The Morgan fingerprint density at radius 3 is 2.31 bits per heavy atom. The topological polar surface area (TPSA) is 37.4 Å². The summed E-state index contributed by atoms with van der Waals surface area (Å²) < 4.78 is 25.1. The Morgan fingerprint density at radius 1 is 1.19 bits per heavy atom. The van der Waals surface area contributed by atoms with Gasteiger partial charge in [0.25, 0.3) is 0 Å². The van der Waals surface area contributed by atoms with E-state index in [4.69, 9.17) is 11.6 Å². The van der Waals surface area contributed by atoms with Crippen LogP contribution in [0, 0.1) is 5.92 Å². The number of nitrogens with zero attached hydrogens (tertiary/aromatic N) is 1. The van der Waals surface area contributed by atoms with Gasteiger partial charge in [-0.25, -0.2) is 12.7 Å². The number of halogens is 1. The molecule has 0 spiro atoms. The molecule has 0 aromatic carbocycles. The van der Waals surface area contributed by atoms with Crippen molar-refractivity contribution in [2.75, 3.05) is 25.2 Å². The number of hydrogen-bond donors (Lipinski definition) is 0. The monoisotopic (exact) mass is 269 g/mol. The van der Waals surface area contributed by atoms with Crippen LogP contribution < -0.4 is 0 Å². The van der Waals surface area contributed by atoms with Gasteiger partial charge < -0.3 is 0 Å². The van der Waals surface area contributed by atoms with Gasteiger partial charge in [-0.15, -0.1) is 11.6 Å². The van der Waals surface area contributed by atoms with Gasteiger partial charge in [0.05, 0.1) is 5.75 Å². The summed E-state index contributed by atoms with van der Waals surface area (Å²) in [7, 11) is -1.38. The number of sulfonamides is 1. The minimum atomic E-state index is -3.04. The van der Waals surface area contributed by atoms with Crippen molar-refractivity contribution < 1.29 is 8.42 Å². The second kappa shape index (κ2) is 8.31. The van der Waals surface area contributed by atoms with Crippen LogP contribution >= 0.6 is 11.6 Å². The Hall–Kier alpha value is 0.200. The van der Waals surface area contributed by atoms with Gasteiger partial charge in [-0.2, -0.15) is 0 Å². The standard InChI is InChI=1S/C11H24ClNO2S/c1-11(2)7-10-16(14,15)13(3)9-6-4-5-8-12/h11H,4-10H2,1-3H3. The lowest BCUT2D eigenvalue weighted by atomic mass is 10.2. The lowest BCUT2D eigenvalue weighted by molar-refractivity contribution is 0.449. The summed E-state index contributed by atoms with van der Waals surface area (Å²) in [4.78, 5) is 0. The van der Waals surface area contributed by atoms with E-state index in [0.29, 0.717) is 18.3 Å². The van der Waals surface area contributed by atoms with E-state index in [2.05, 4.69) is 0 Å². The van der Waals surface area contributed by atoms with Crippen LogP contribution in [0.3, 0.4) is 0 Å². The Morgan fingerprint density at radius 2 is 1.81 bits per heavy atom. The van der Waals surface area contributed by atoms with E-state index in [1.165, 1.54) is 4.31 Å². The fourth-order valence-electron chi connectivity index (χ4n) is 1.29. The molecule has 0 heterocycles. The number of hydrogen-bond acceptors (Lipinski definition) is 2. The lowest BCUT2D eigenvalue weighted by Crippen LogP contribution is -2.30. The molecule has 0 fully saturated rings. The predicted molar refractivity (Wildman–Crippen MR) is 70.4 cm³/mol. The molecule has 0 aromatic rings. The molecule has 0 saturated carbocycles. The van der Waals surface area contributed by atoms with Gasteiger partial charge in [0.1, 0.15) is 0 Å². The summed E-state index contributed by atoms with van der Waals surface area (Å²) in [5.41, 5.74) is 0. The van der Waals surface area contributed by atoms with E-state index in [1.807, 2.05) is 13.8 Å². The SMILES string of the molecule is CC(C)CCS(=O)(=O)N(C)CCCCCCl. The third-order valence-corrected chi connectivity index (χ3v) is 4.69. The lowest BCUT2D eigenvalue weighted by Gasteiger charge is -2.17. The maximum Gasteiger partial charge on any atom is 0.213 e. The number of alkyl halides is 1. The Balaban J connectivity index is 3.90. The number of rotatable bonds is 9. The molecule has 0 amide bonds. The zero-order valence-corrected chi connectivity index (χ0v) is 12.1. The molecule has 0 radical (unpaired) electrons. The van der Waals surface area contributed by atoms with Crippen molar-refractivity contribution in [3.63, 3.8) is 0 Å². The van der Waals surface area contributed by atoms with Gasteiger partial charge in [-0.3, -0.25) is 0 Å². The van der Waals surface area contributed by atoms with Crippen LogP contribution in [0.25, 0.3) is 0 Å². The van der Waals surface area contributed by atoms with Crippen LogP contribution in [0.5, 0.6) is 0 Å². The van der Waals surface area contributed by atoms with E-state index in [1.54, 1.807) is 7.05 Å². The highest BCUT2D eigenvalue weighted by Crippen LogP contribution is 2.08. The summed E-state index contributed by atoms with van der Waals surface area (Å²) in [5, 5.41) is 0. The van der Waals surface area contributed by atoms with Crippen LogP contribution in [0.1, 0.15) is 39.5 Å². The van der Waals surface area contributed by atoms with Gasteiger partial charge in [0.2, 0.25) is 10.0 Å². The molecular formula is C11H24ClNO2S. The molecule has 0 unspecified atom stereocenters. The maximum atomic E-state index is 11.8. The molecule has 0 atom stereocenters. The first-order valence-electron chi connectivity index (χ1n) is 5.90. The fourth-order valence-corrected chi connectivity index (χ4v) is 2.96. The van der Waals surface area contributed by atoms with Crippen molar-refractivity contribution in [2.45, 2.75) is 39.5 Å². The zero-order valence-electron chi connectivity index (χ0n) is 10.6. The highest BCUT2D eigenvalue weighted by molar-refractivity contribution is 7.89. The minimum Gasteiger partial charge on any atom is -0.212 e. The zero-order chi connectivity index (χ0) is 12.6. The molecule has 0 aliphatic rings. The average Bonchev–Trinajstić information content (AvgIpc) is 2.21. The van der Waals surface area contributed by atoms with Gasteiger partial charge in [0, 0.05) is 19.5 Å². The fraction of sp³-hybridized carbons (Fsp3) is 1.00. The molecule has 0 saturated heterocycles. The maximum absolute atomic E-state index is 11.8. The van der Waals surface area contributed by atoms with Crippen molar-refractivity contribution >= 4 is 21.6 Å². The van der Waals surface area contributed by atoms with E-state index in [-0.39, 0.29) is 5.75 Å². The molecule has 3 nitrogen and oxygen atoms in total. The molecule has 0 aliphatic heterocycles. The molecule has 5 heteroatoms. The molecule has 98 valence electrons. The third-order valence-electron chi connectivity index (χ3n) is 2.53. The molecule has 0 aromatic heterocycles. The van der Waals surface area contributed by atoms with Crippen molar-refractivity contribution in [1.82, 2.24) is 4.31 Å². The molecule has 0 bridgehead atoms. The number of unbranched alkanes of at least 4 members (excludes halogenated alkanes) is 2. The highest BCUT2D eigenvalue weighted by atomic mass is 35.5. The second-order valence-corrected chi connectivity index (χ2v) is 7.14. The van der Waals surface area contributed by atoms with Crippen molar-refractivity contribution in [3.05, 3.63) is 0 Å². The van der Waals surface area contributed by atoms with Crippen molar-refractivity contribution in [2.24, 2.45) is 5.92 Å². The van der Waals surface area contributed by atoms with Gasteiger partial charge in [-0.05, 0) is 25.2 Å². The van der Waals surface area contributed by atoms with Crippen LogP contribution in [0.2, 0.25) is 0 Å². The molecule has 0 aliphatic carbocycles. The summed E-state index contributed by atoms with van der Waals surface area (Å²) in [5.74, 6) is 1.35. The quantitative estimate of drug-likeness (QED) is 0.477. The van der Waals surface area contributed by atoms with Crippen LogP contribution in [0.4, 0.5) is 0 Å². The molecule has 16 heavy (non-hydrogen) atoms. The van der Waals surface area contributed by atoms with Crippen molar-refractivity contribution in [1.29, 1.82) is 0 Å². The predicted octanol–water partition coefficient (Wildman–Crippen LogP) is 2.70. The Labute approximate surface area is 105 Å². The van der Waals surface area contributed by atoms with Gasteiger partial charge in [0.15, 0.2) is 0 Å². The minimum absolute atomic E-state index is 0.261. The smallest absolute Gasteiger partial charge is 0.212 e. The van der Waals surface area contributed by atoms with Crippen LogP contribution in [0.15, 0.2) is 0 Å². The van der Waals surface area contributed by atoms with Crippen LogP contribution in [-0.2, 0) is 10.0 Å². The third kappa shape index (κ3) is 7.47. The Bertz CT molecular complexity index is 265. The first kappa shape index (κ1) is 16.2. The highest BCUT2D eigenvalue weighted by Gasteiger charge is 2.17. The van der Waals surface area contributed by atoms with E-state index in [0.717, 1.165) is 25.7 Å². The second-order valence-electron chi connectivity index (χ2n) is 4.57. The first-order valence-corrected chi connectivity index (χ1v) is 8.04. The molecule has 0 rings (SSSR count). The van der Waals surface area contributed by atoms with E-state index in [9.17, 15) is 8.42 Å².